The first-order valence-electron chi connectivity index (χ1n) is 10.4. The normalized spacial score (nSPS) is 11.9. The molecule has 0 unspecified atom stereocenters. The molecular weight excluding hydrogens is 457 g/mol. The number of halogens is 4. The van der Waals surface area contributed by atoms with E-state index in [1.807, 2.05) is 13.8 Å². The maximum Gasteiger partial charge on any atom is 0.416 e. The van der Waals surface area contributed by atoms with Gasteiger partial charge in [0.1, 0.15) is 24.6 Å². The van der Waals surface area contributed by atoms with Crippen molar-refractivity contribution in [1.29, 1.82) is 0 Å². The Kier molecular flexibility index (Phi) is 7.63. The van der Waals surface area contributed by atoms with Crippen LogP contribution in [-0.2, 0) is 29.7 Å². The molecule has 1 aromatic heterocycles. The third-order valence-electron chi connectivity index (χ3n) is 5.44. The van der Waals surface area contributed by atoms with Gasteiger partial charge in [-0.15, -0.1) is 5.10 Å². The molecule has 0 fully saturated rings. The Labute approximate surface area is 194 Å². The summed E-state index contributed by atoms with van der Waals surface area (Å²) in [5, 5.41) is 11.5. The molecule has 0 spiro atoms. The lowest BCUT2D eigenvalue weighted by Gasteiger charge is -2.34. The van der Waals surface area contributed by atoms with Gasteiger partial charge in [0, 0.05) is 5.02 Å². The zero-order chi connectivity index (χ0) is 24.1. The summed E-state index contributed by atoms with van der Waals surface area (Å²) in [6.07, 6.45) is -1.78. The number of amides is 1. The number of alkyl halides is 3. The SMILES string of the molecule is CCC(CC)(NC(=O)Cn1cc(COc2ccc(Cl)cc2)nn1)c1ccc(C(F)(F)F)cc1. The third-order valence-corrected chi connectivity index (χ3v) is 5.69. The van der Waals surface area contributed by atoms with Gasteiger partial charge in [-0.1, -0.05) is 42.8 Å². The molecule has 0 radical (unpaired) electrons. The van der Waals surface area contributed by atoms with Crippen molar-refractivity contribution < 1.29 is 22.7 Å². The number of nitrogens with one attached hydrogen (secondary N) is 1. The van der Waals surface area contributed by atoms with E-state index in [1.165, 1.54) is 16.8 Å². The summed E-state index contributed by atoms with van der Waals surface area (Å²) < 4.78 is 45.7. The molecule has 1 heterocycles. The van der Waals surface area contributed by atoms with Crippen molar-refractivity contribution in [2.45, 2.75) is 51.6 Å². The molecule has 0 aliphatic carbocycles. The van der Waals surface area contributed by atoms with Crippen LogP contribution >= 0.6 is 11.6 Å². The highest BCUT2D eigenvalue weighted by Crippen LogP contribution is 2.33. The van der Waals surface area contributed by atoms with Gasteiger partial charge >= 0.3 is 6.18 Å². The Morgan fingerprint density at radius 2 is 1.64 bits per heavy atom. The van der Waals surface area contributed by atoms with Gasteiger partial charge in [0.15, 0.2) is 0 Å². The molecule has 1 amide bonds. The van der Waals surface area contributed by atoms with E-state index in [0.717, 1.165) is 12.1 Å². The van der Waals surface area contributed by atoms with Crippen LogP contribution < -0.4 is 10.1 Å². The molecule has 3 aromatic rings. The lowest BCUT2D eigenvalue weighted by atomic mass is 9.84. The minimum absolute atomic E-state index is 0.0870. The Hall–Kier alpha value is -3.07. The molecule has 33 heavy (non-hydrogen) atoms. The fourth-order valence-corrected chi connectivity index (χ4v) is 3.64. The van der Waals surface area contributed by atoms with E-state index in [9.17, 15) is 18.0 Å². The Morgan fingerprint density at radius 3 is 2.21 bits per heavy atom. The molecule has 0 saturated carbocycles. The lowest BCUT2D eigenvalue weighted by Crippen LogP contribution is -2.46. The van der Waals surface area contributed by atoms with E-state index in [0.29, 0.717) is 34.9 Å². The second-order valence-corrected chi connectivity index (χ2v) is 8.00. The van der Waals surface area contributed by atoms with Crippen molar-refractivity contribution in [1.82, 2.24) is 20.3 Å². The van der Waals surface area contributed by atoms with Crippen LogP contribution in [0.3, 0.4) is 0 Å². The fraction of sp³-hybridized carbons (Fsp3) is 0.348. The molecule has 1 N–H and O–H groups in total. The minimum Gasteiger partial charge on any atom is -0.487 e. The highest BCUT2D eigenvalue weighted by Gasteiger charge is 2.33. The summed E-state index contributed by atoms with van der Waals surface area (Å²) in [4.78, 5) is 12.7. The van der Waals surface area contributed by atoms with E-state index in [2.05, 4.69) is 15.6 Å². The second-order valence-electron chi connectivity index (χ2n) is 7.56. The van der Waals surface area contributed by atoms with E-state index in [4.69, 9.17) is 16.3 Å². The highest BCUT2D eigenvalue weighted by atomic mass is 35.5. The van der Waals surface area contributed by atoms with Crippen LogP contribution in [0.4, 0.5) is 13.2 Å². The van der Waals surface area contributed by atoms with Crippen LogP contribution in [-0.4, -0.2) is 20.9 Å². The Bertz CT molecular complexity index is 1060. The number of benzene rings is 2. The van der Waals surface area contributed by atoms with E-state index >= 15 is 0 Å². The fourth-order valence-electron chi connectivity index (χ4n) is 3.51. The summed E-state index contributed by atoms with van der Waals surface area (Å²) in [5.41, 5.74) is -0.362. The van der Waals surface area contributed by atoms with Crippen molar-refractivity contribution >= 4 is 17.5 Å². The van der Waals surface area contributed by atoms with E-state index in [-0.39, 0.29) is 19.1 Å². The maximum atomic E-state index is 12.9. The first-order chi connectivity index (χ1) is 15.6. The van der Waals surface area contributed by atoms with Crippen LogP contribution in [0.5, 0.6) is 5.75 Å². The molecule has 6 nitrogen and oxygen atoms in total. The molecule has 0 aliphatic rings. The molecule has 0 aliphatic heterocycles. The summed E-state index contributed by atoms with van der Waals surface area (Å²) >= 11 is 5.85. The largest absolute Gasteiger partial charge is 0.487 e. The summed E-state index contributed by atoms with van der Waals surface area (Å²) in [7, 11) is 0. The molecule has 10 heteroatoms. The molecular formula is C23H24ClF3N4O2. The predicted octanol–water partition coefficient (Wildman–Crippen LogP) is 5.36. The summed E-state index contributed by atoms with van der Waals surface area (Å²) in [6, 6.07) is 11.8. The average Bonchev–Trinajstić information content (AvgIpc) is 3.24. The van der Waals surface area contributed by atoms with Gasteiger partial charge in [-0.2, -0.15) is 13.2 Å². The average molecular weight is 481 g/mol. The number of aromatic nitrogens is 3. The standard InChI is InChI=1S/C23H24ClF3N4O2/c1-3-22(4-2,16-5-7-17(8-6-16)23(25,26)27)28-21(32)14-31-13-19(29-30-31)15-33-20-11-9-18(24)10-12-20/h5-13H,3-4,14-15H2,1-2H3,(H,28,32). The molecule has 0 saturated heterocycles. The molecule has 0 bridgehead atoms. The Balaban J connectivity index is 1.63. The third kappa shape index (κ3) is 6.25. The maximum absolute atomic E-state index is 12.9. The summed E-state index contributed by atoms with van der Waals surface area (Å²) in [5.74, 6) is 0.299. The van der Waals surface area contributed by atoms with Crippen LogP contribution in [0.15, 0.2) is 54.7 Å². The van der Waals surface area contributed by atoms with Crippen LogP contribution in [0, 0.1) is 0 Å². The van der Waals surface area contributed by atoms with Crippen LogP contribution in [0.1, 0.15) is 43.5 Å². The minimum atomic E-state index is -4.41. The van der Waals surface area contributed by atoms with Gasteiger partial charge in [0.2, 0.25) is 5.91 Å². The van der Waals surface area contributed by atoms with Gasteiger partial charge in [0.05, 0.1) is 17.3 Å². The second kappa shape index (κ2) is 10.2. The quantitative estimate of drug-likeness (QED) is 0.447. The van der Waals surface area contributed by atoms with Gasteiger partial charge in [-0.05, 0) is 54.8 Å². The topological polar surface area (TPSA) is 69.0 Å². The molecule has 2 aromatic carbocycles. The van der Waals surface area contributed by atoms with Gasteiger partial charge < -0.3 is 10.1 Å². The first kappa shape index (κ1) is 24.6. The van der Waals surface area contributed by atoms with E-state index in [1.54, 1.807) is 30.5 Å². The first-order valence-corrected chi connectivity index (χ1v) is 10.8. The molecule has 0 atom stereocenters. The van der Waals surface area contributed by atoms with Crippen molar-refractivity contribution in [3.05, 3.63) is 76.6 Å². The van der Waals surface area contributed by atoms with Crippen LogP contribution in [0.25, 0.3) is 0 Å². The number of hydrogen-bond acceptors (Lipinski definition) is 4. The smallest absolute Gasteiger partial charge is 0.416 e. The summed E-state index contributed by atoms with van der Waals surface area (Å²) in [6.45, 7) is 3.84. The Morgan fingerprint density at radius 1 is 1.03 bits per heavy atom. The van der Waals surface area contributed by atoms with Crippen molar-refractivity contribution in [2.24, 2.45) is 0 Å². The van der Waals surface area contributed by atoms with Gasteiger partial charge in [0.25, 0.3) is 0 Å². The van der Waals surface area contributed by atoms with Crippen molar-refractivity contribution in [2.75, 3.05) is 0 Å². The predicted molar refractivity (Wildman–Crippen MR) is 118 cm³/mol. The zero-order valence-electron chi connectivity index (χ0n) is 18.2. The number of nitrogens with zero attached hydrogens (tertiary/aromatic N) is 3. The number of hydrogen-bond donors (Lipinski definition) is 1. The van der Waals surface area contributed by atoms with E-state index < -0.39 is 17.3 Å². The van der Waals surface area contributed by atoms with Crippen molar-refractivity contribution in [3.63, 3.8) is 0 Å². The number of carbonyl (C=O) groups is 1. The highest BCUT2D eigenvalue weighted by molar-refractivity contribution is 6.30. The van der Waals surface area contributed by atoms with Crippen LogP contribution in [0.2, 0.25) is 5.02 Å². The number of carbonyl (C=O) groups excluding carboxylic acids is 1. The lowest BCUT2D eigenvalue weighted by molar-refractivity contribution is -0.137. The zero-order valence-corrected chi connectivity index (χ0v) is 19.0. The van der Waals surface area contributed by atoms with Gasteiger partial charge in [-0.25, -0.2) is 4.68 Å². The molecule has 3 rings (SSSR count). The van der Waals surface area contributed by atoms with Gasteiger partial charge in [-0.3, -0.25) is 4.79 Å². The monoisotopic (exact) mass is 480 g/mol. The number of rotatable bonds is 9. The number of ether oxygens (including phenoxy) is 1. The molecule has 176 valence electrons. The van der Waals surface area contributed by atoms with Crippen molar-refractivity contribution in [3.8, 4) is 5.75 Å².